The van der Waals surface area contributed by atoms with Crippen LogP contribution in [-0.2, 0) is 6.42 Å². The summed E-state index contributed by atoms with van der Waals surface area (Å²) in [6, 6.07) is 7.72. The molecule has 11 heavy (non-hydrogen) atoms. The molecule has 1 rings (SSSR count). The SMILES string of the molecule is [Br-].[CH2-]Cc1ccc(Cl)cc1.[Mg+2]. The van der Waals surface area contributed by atoms with Crippen molar-refractivity contribution in [1.82, 2.24) is 0 Å². The van der Waals surface area contributed by atoms with Crippen molar-refractivity contribution in [2.75, 3.05) is 0 Å². The van der Waals surface area contributed by atoms with Crippen LogP contribution in [0.4, 0.5) is 0 Å². The third-order valence-electron chi connectivity index (χ3n) is 1.20. The van der Waals surface area contributed by atoms with Gasteiger partial charge in [0.15, 0.2) is 0 Å². The molecule has 0 heterocycles. The van der Waals surface area contributed by atoms with E-state index < -0.39 is 0 Å². The fourth-order valence-corrected chi connectivity index (χ4v) is 0.777. The molecule has 1 aromatic carbocycles. The van der Waals surface area contributed by atoms with Gasteiger partial charge in [0.1, 0.15) is 0 Å². The Morgan fingerprint density at radius 3 is 2.00 bits per heavy atom. The van der Waals surface area contributed by atoms with Gasteiger partial charge in [-0.05, 0) is 12.1 Å². The summed E-state index contributed by atoms with van der Waals surface area (Å²) in [6.07, 6.45) is 0.831. The maximum Gasteiger partial charge on any atom is 2.00 e. The van der Waals surface area contributed by atoms with Crippen LogP contribution in [0.2, 0.25) is 5.02 Å². The first kappa shape index (κ1) is 14.3. The van der Waals surface area contributed by atoms with E-state index >= 15 is 0 Å². The van der Waals surface area contributed by atoms with Gasteiger partial charge in [-0.3, -0.25) is 0 Å². The summed E-state index contributed by atoms with van der Waals surface area (Å²) in [7, 11) is 0. The first-order valence-electron chi connectivity index (χ1n) is 2.86. The van der Waals surface area contributed by atoms with Gasteiger partial charge in [0.25, 0.3) is 0 Å². The van der Waals surface area contributed by atoms with Gasteiger partial charge in [-0.2, -0.15) is 6.42 Å². The second kappa shape index (κ2) is 7.41. The molecule has 3 heteroatoms. The van der Waals surface area contributed by atoms with Crippen LogP contribution in [0.1, 0.15) is 5.56 Å². The van der Waals surface area contributed by atoms with E-state index in [4.69, 9.17) is 11.6 Å². The van der Waals surface area contributed by atoms with Crippen LogP contribution in [0.15, 0.2) is 24.3 Å². The molecule has 0 bridgehead atoms. The number of hydrogen-bond acceptors (Lipinski definition) is 0. The summed E-state index contributed by atoms with van der Waals surface area (Å²) in [5, 5.41) is 0.784. The van der Waals surface area contributed by atoms with Crippen LogP contribution < -0.4 is 17.0 Å². The Kier molecular flexibility index (Phi) is 9.62. The molecular weight excluding hydrogens is 236 g/mol. The van der Waals surface area contributed by atoms with Crippen molar-refractivity contribution in [2.24, 2.45) is 0 Å². The molecule has 0 aromatic heterocycles. The van der Waals surface area contributed by atoms with Gasteiger partial charge in [0, 0.05) is 5.02 Å². The zero-order valence-electron chi connectivity index (χ0n) is 6.19. The van der Waals surface area contributed by atoms with Gasteiger partial charge in [0.2, 0.25) is 0 Å². The molecule has 0 unspecified atom stereocenters. The van der Waals surface area contributed by atoms with E-state index in [9.17, 15) is 0 Å². The van der Waals surface area contributed by atoms with Crippen molar-refractivity contribution in [3.8, 4) is 0 Å². The molecule has 0 atom stereocenters. The standard InChI is InChI=1S/C8H8Cl.BrH.Mg/c1-2-7-3-5-8(9)6-4-7;;/h3-6H,1-2H2;1H;/q-1;;+2/p-1. The van der Waals surface area contributed by atoms with Crippen LogP contribution in [0.3, 0.4) is 0 Å². The first-order valence-corrected chi connectivity index (χ1v) is 3.24. The van der Waals surface area contributed by atoms with Gasteiger partial charge >= 0.3 is 23.1 Å². The summed E-state index contributed by atoms with van der Waals surface area (Å²) in [5.74, 6) is 0. The van der Waals surface area contributed by atoms with E-state index in [1.54, 1.807) is 0 Å². The van der Waals surface area contributed by atoms with Crippen molar-refractivity contribution in [3.05, 3.63) is 41.8 Å². The summed E-state index contributed by atoms with van der Waals surface area (Å²) < 4.78 is 0. The van der Waals surface area contributed by atoms with Crippen LogP contribution >= 0.6 is 11.6 Å². The Morgan fingerprint density at radius 1 is 1.18 bits per heavy atom. The summed E-state index contributed by atoms with van der Waals surface area (Å²) in [5.41, 5.74) is 1.22. The Bertz CT molecular complexity index is 186. The minimum Gasteiger partial charge on any atom is -1.00 e. The number of halogens is 2. The van der Waals surface area contributed by atoms with E-state index in [2.05, 4.69) is 6.92 Å². The topological polar surface area (TPSA) is 0 Å². The van der Waals surface area contributed by atoms with E-state index in [1.807, 2.05) is 24.3 Å². The average molecular weight is 244 g/mol. The van der Waals surface area contributed by atoms with Crippen LogP contribution in [0.25, 0.3) is 0 Å². The molecule has 0 radical (unpaired) electrons. The van der Waals surface area contributed by atoms with Crippen molar-refractivity contribution < 1.29 is 17.0 Å². The maximum absolute atomic E-state index is 5.65. The Balaban J connectivity index is 0. The monoisotopic (exact) mass is 242 g/mol. The number of hydrogen-bond donors (Lipinski definition) is 0. The molecule has 0 aliphatic carbocycles. The summed E-state index contributed by atoms with van der Waals surface area (Å²) in [6.45, 7) is 3.74. The molecule has 0 nitrogen and oxygen atoms in total. The largest absolute Gasteiger partial charge is 2.00 e. The van der Waals surface area contributed by atoms with Crippen molar-refractivity contribution in [3.63, 3.8) is 0 Å². The fraction of sp³-hybridized carbons (Fsp3) is 0.125. The maximum atomic E-state index is 5.65. The second-order valence-corrected chi connectivity index (χ2v) is 2.31. The van der Waals surface area contributed by atoms with Gasteiger partial charge in [-0.1, -0.05) is 29.3 Å². The normalized spacial score (nSPS) is 7.82. The van der Waals surface area contributed by atoms with Crippen molar-refractivity contribution >= 4 is 34.7 Å². The molecule has 0 aliphatic heterocycles. The van der Waals surface area contributed by atoms with E-state index in [0.29, 0.717) is 0 Å². The minimum atomic E-state index is 0. The molecule has 0 N–H and O–H groups in total. The Hall–Kier alpha value is 0.756. The minimum absolute atomic E-state index is 0. The first-order chi connectivity index (χ1) is 4.33. The van der Waals surface area contributed by atoms with E-state index in [-0.39, 0.29) is 40.0 Å². The van der Waals surface area contributed by atoms with Crippen LogP contribution in [-0.4, -0.2) is 23.1 Å². The van der Waals surface area contributed by atoms with Gasteiger partial charge in [0.05, 0.1) is 0 Å². The number of benzene rings is 1. The molecule has 0 spiro atoms. The molecular formula is C8H8BrClMg. The van der Waals surface area contributed by atoms with Crippen molar-refractivity contribution in [1.29, 1.82) is 0 Å². The zero-order valence-corrected chi connectivity index (χ0v) is 9.94. The number of rotatable bonds is 1. The molecule has 56 valence electrons. The third-order valence-corrected chi connectivity index (χ3v) is 1.45. The molecule has 0 aliphatic rings. The average Bonchev–Trinajstić information content (AvgIpc) is 1.90. The second-order valence-electron chi connectivity index (χ2n) is 1.88. The van der Waals surface area contributed by atoms with Gasteiger partial charge < -0.3 is 23.9 Å². The predicted octanol–water partition coefficient (Wildman–Crippen LogP) is -0.660. The summed E-state index contributed by atoms with van der Waals surface area (Å²) in [4.78, 5) is 0. The Morgan fingerprint density at radius 2 is 1.64 bits per heavy atom. The van der Waals surface area contributed by atoms with Gasteiger partial charge in [-0.25, -0.2) is 0 Å². The Labute approximate surface area is 99.2 Å². The van der Waals surface area contributed by atoms with Gasteiger partial charge in [-0.15, -0.1) is 0 Å². The zero-order chi connectivity index (χ0) is 6.69. The molecule has 0 fully saturated rings. The molecule has 0 amide bonds. The molecule has 0 saturated heterocycles. The fourth-order valence-electron chi connectivity index (χ4n) is 0.651. The smallest absolute Gasteiger partial charge is 1.00 e. The third kappa shape index (κ3) is 5.07. The van der Waals surface area contributed by atoms with Crippen LogP contribution in [0.5, 0.6) is 0 Å². The van der Waals surface area contributed by atoms with E-state index in [1.165, 1.54) is 5.56 Å². The summed E-state index contributed by atoms with van der Waals surface area (Å²) >= 11 is 5.65. The molecule has 1 aromatic rings. The van der Waals surface area contributed by atoms with E-state index in [0.717, 1.165) is 11.4 Å². The van der Waals surface area contributed by atoms with Crippen molar-refractivity contribution in [2.45, 2.75) is 6.42 Å². The van der Waals surface area contributed by atoms with Crippen LogP contribution in [0, 0.1) is 6.92 Å². The predicted molar refractivity (Wildman–Crippen MR) is 46.3 cm³/mol. The quantitative estimate of drug-likeness (QED) is 0.454. The molecule has 0 saturated carbocycles.